The lowest BCUT2D eigenvalue weighted by molar-refractivity contribution is 0.122. The Morgan fingerprint density at radius 3 is 2.92 bits per heavy atom. The monoisotopic (exact) mass is 345 g/mol. The average molecular weight is 345 g/mol. The number of thiazole rings is 1. The Morgan fingerprint density at radius 1 is 1.25 bits per heavy atom. The molecule has 1 fully saturated rings. The van der Waals surface area contributed by atoms with Crippen molar-refractivity contribution in [2.45, 2.75) is 13.5 Å². The second kappa shape index (κ2) is 6.33. The largest absolute Gasteiger partial charge is 0.378 e. The molecular formula is C15H19N7OS. The normalized spacial score (nSPS) is 15.2. The summed E-state index contributed by atoms with van der Waals surface area (Å²) in [5.74, 6) is 1.52. The summed E-state index contributed by atoms with van der Waals surface area (Å²) in [6, 6.07) is 0. The van der Waals surface area contributed by atoms with Crippen molar-refractivity contribution in [1.29, 1.82) is 0 Å². The predicted molar refractivity (Wildman–Crippen MR) is 93.5 cm³/mol. The van der Waals surface area contributed by atoms with E-state index in [1.54, 1.807) is 22.2 Å². The number of hydrogen-bond donors (Lipinski definition) is 1. The zero-order valence-corrected chi connectivity index (χ0v) is 14.5. The zero-order chi connectivity index (χ0) is 16.5. The van der Waals surface area contributed by atoms with Crippen LogP contribution in [0, 0.1) is 6.92 Å². The van der Waals surface area contributed by atoms with E-state index in [2.05, 4.69) is 30.7 Å². The smallest absolute Gasteiger partial charge is 0.185 e. The third-order valence-corrected chi connectivity index (χ3v) is 4.91. The Hall–Kier alpha value is -2.26. The molecule has 0 aromatic carbocycles. The molecule has 4 rings (SSSR count). The SMILES string of the molecule is Cc1nc(NCc2csc(N3CCOCC3)n2)c2cnn(C)c2n1. The van der Waals surface area contributed by atoms with E-state index < -0.39 is 0 Å². The highest BCUT2D eigenvalue weighted by Gasteiger charge is 2.15. The Balaban J connectivity index is 1.50. The third kappa shape index (κ3) is 2.92. The van der Waals surface area contributed by atoms with Gasteiger partial charge in [0.15, 0.2) is 10.8 Å². The summed E-state index contributed by atoms with van der Waals surface area (Å²) in [4.78, 5) is 15.9. The molecule has 3 aromatic rings. The first kappa shape index (κ1) is 15.3. The molecule has 1 aliphatic rings. The van der Waals surface area contributed by atoms with Gasteiger partial charge >= 0.3 is 0 Å². The number of hydrogen-bond acceptors (Lipinski definition) is 8. The second-order valence-corrected chi connectivity index (χ2v) is 6.54. The molecule has 8 nitrogen and oxygen atoms in total. The predicted octanol–water partition coefficient (Wildman–Crippen LogP) is 1.58. The highest BCUT2D eigenvalue weighted by molar-refractivity contribution is 7.13. The fourth-order valence-electron chi connectivity index (χ4n) is 2.72. The van der Waals surface area contributed by atoms with Crippen molar-refractivity contribution in [2.24, 2.45) is 7.05 Å². The first-order valence-corrected chi connectivity index (χ1v) is 8.76. The molecule has 9 heteroatoms. The number of nitrogens with one attached hydrogen (secondary N) is 1. The van der Waals surface area contributed by atoms with Crippen LogP contribution in [0.5, 0.6) is 0 Å². The van der Waals surface area contributed by atoms with Gasteiger partial charge in [-0.15, -0.1) is 11.3 Å². The summed E-state index contributed by atoms with van der Waals surface area (Å²) in [5, 5.41) is 11.7. The maximum Gasteiger partial charge on any atom is 0.185 e. The molecular weight excluding hydrogens is 326 g/mol. The van der Waals surface area contributed by atoms with Crippen molar-refractivity contribution in [3.63, 3.8) is 0 Å². The minimum absolute atomic E-state index is 0.626. The highest BCUT2D eigenvalue weighted by atomic mass is 32.1. The van der Waals surface area contributed by atoms with Crippen LogP contribution in [0.4, 0.5) is 10.9 Å². The van der Waals surface area contributed by atoms with Crippen LogP contribution < -0.4 is 10.2 Å². The van der Waals surface area contributed by atoms with Gasteiger partial charge in [0.1, 0.15) is 11.6 Å². The van der Waals surface area contributed by atoms with Gasteiger partial charge in [-0.3, -0.25) is 4.68 Å². The third-order valence-electron chi connectivity index (χ3n) is 3.96. The molecule has 0 radical (unpaired) electrons. The van der Waals surface area contributed by atoms with Crippen LogP contribution in [-0.4, -0.2) is 51.0 Å². The van der Waals surface area contributed by atoms with E-state index >= 15 is 0 Å². The minimum Gasteiger partial charge on any atom is -0.378 e. The highest BCUT2D eigenvalue weighted by Crippen LogP contribution is 2.23. The van der Waals surface area contributed by atoms with Gasteiger partial charge in [-0.2, -0.15) is 5.10 Å². The number of fused-ring (bicyclic) bond motifs is 1. The standard InChI is InChI=1S/C15H19N7OS/c1-10-18-13(12-8-17-21(2)14(12)19-10)16-7-11-9-24-15(20-11)22-3-5-23-6-4-22/h8-9H,3-7H2,1-2H3,(H,16,18,19). The van der Waals surface area contributed by atoms with Gasteiger partial charge < -0.3 is 15.0 Å². The van der Waals surface area contributed by atoms with E-state index in [0.29, 0.717) is 6.54 Å². The van der Waals surface area contributed by atoms with Gasteiger partial charge in [-0.05, 0) is 6.92 Å². The summed E-state index contributed by atoms with van der Waals surface area (Å²) in [6.45, 7) is 5.86. The second-order valence-electron chi connectivity index (χ2n) is 5.70. The number of anilines is 2. The summed E-state index contributed by atoms with van der Waals surface area (Å²) in [6.07, 6.45) is 1.79. The van der Waals surface area contributed by atoms with Crippen molar-refractivity contribution >= 4 is 33.3 Å². The molecule has 1 N–H and O–H groups in total. The number of morpholine rings is 1. The lowest BCUT2D eigenvalue weighted by atomic mass is 10.3. The number of rotatable bonds is 4. The lowest BCUT2D eigenvalue weighted by Crippen LogP contribution is -2.36. The molecule has 126 valence electrons. The van der Waals surface area contributed by atoms with Crippen molar-refractivity contribution in [1.82, 2.24) is 24.7 Å². The molecule has 0 aliphatic carbocycles. The number of aromatic nitrogens is 5. The van der Waals surface area contributed by atoms with E-state index in [0.717, 1.165) is 59.8 Å². The Kier molecular flexibility index (Phi) is 4.03. The first-order chi connectivity index (χ1) is 11.7. The van der Waals surface area contributed by atoms with Crippen LogP contribution in [-0.2, 0) is 18.3 Å². The topological polar surface area (TPSA) is 81.0 Å². The van der Waals surface area contributed by atoms with Gasteiger partial charge in [-0.25, -0.2) is 15.0 Å². The van der Waals surface area contributed by atoms with Crippen LogP contribution in [0.2, 0.25) is 0 Å². The molecule has 3 aromatic heterocycles. The molecule has 0 unspecified atom stereocenters. The Morgan fingerprint density at radius 2 is 2.08 bits per heavy atom. The van der Waals surface area contributed by atoms with Crippen molar-refractivity contribution in [2.75, 3.05) is 36.5 Å². The molecule has 1 saturated heterocycles. The summed E-state index contributed by atoms with van der Waals surface area (Å²) in [5.41, 5.74) is 1.84. The van der Waals surface area contributed by atoms with E-state index in [1.165, 1.54) is 0 Å². The van der Waals surface area contributed by atoms with Gasteiger partial charge in [0.05, 0.1) is 37.0 Å². The molecule has 0 bridgehead atoms. The molecule has 0 atom stereocenters. The maximum absolute atomic E-state index is 5.39. The van der Waals surface area contributed by atoms with E-state index in [4.69, 9.17) is 9.72 Å². The molecule has 0 amide bonds. The summed E-state index contributed by atoms with van der Waals surface area (Å²) in [7, 11) is 1.88. The average Bonchev–Trinajstić information content (AvgIpc) is 3.21. The quantitative estimate of drug-likeness (QED) is 0.769. The van der Waals surface area contributed by atoms with Gasteiger partial charge in [0, 0.05) is 25.5 Å². The van der Waals surface area contributed by atoms with Crippen molar-refractivity contribution in [3.05, 3.63) is 23.1 Å². The summed E-state index contributed by atoms with van der Waals surface area (Å²) >= 11 is 1.67. The van der Waals surface area contributed by atoms with Gasteiger partial charge in [-0.1, -0.05) is 0 Å². The molecule has 1 aliphatic heterocycles. The minimum atomic E-state index is 0.626. The van der Waals surface area contributed by atoms with Crippen molar-refractivity contribution < 1.29 is 4.74 Å². The number of ether oxygens (including phenoxy) is 1. The number of aryl methyl sites for hydroxylation is 2. The van der Waals surface area contributed by atoms with Crippen LogP contribution >= 0.6 is 11.3 Å². The zero-order valence-electron chi connectivity index (χ0n) is 13.7. The van der Waals surface area contributed by atoms with E-state index in [-0.39, 0.29) is 0 Å². The molecule has 4 heterocycles. The van der Waals surface area contributed by atoms with Gasteiger partial charge in [0.2, 0.25) is 0 Å². The van der Waals surface area contributed by atoms with Gasteiger partial charge in [0.25, 0.3) is 0 Å². The van der Waals surface area contributed by atoms with Crippen molar-refractivity contribution in [3.8, 4) is 0 Å². The fourth-order valence-corrected chi connectivity index (χ4v) is 3.60. The molecule has 0 saturated carbocycles. The van der Waals surface area contributed by atoms with E-state index in [9.17, 15) is 0 Å². The Labute approximate surface area is 143 Å². The van der Waals surface area contributed by atoms with Crippen LogP contribution in [0.15, 0.2) is 11.6 Å². The summed E-state index contributed by atoms with van der Waals surface area (Å²) < 4.78 is 7.15. The number of nitrogens with zero attached hydrogens (tertiary/aromatic N) is 6. The first-order valence-electron chi connectivity index (χ1n) is 7.88. The molecule has 24 heavy (non-hydrogen) atoms. The van der Waals surface area contributed by atoms with E-state index in [1.807, 2.05) is 14.0 Å². The Bertz CT molecular complexity index is 853. The van der Waals surface area contributed by atoms with Crippen LogP contribution in [0.25, 0.3) is 11.0 Å². The maximum atomic E-state index is 5.39. The van der Waals surface area contributed by atoms with Crippen LogP contribution in [0.3, 0.4) is 0 Å². The van der Waals surface area contributed by atoms with Crippen LogP contribution in [0.1, 0.15) is 11.5 Å². The lowest BCUT2D eigenvalue weighted by Gasteiger charge is -2.26. The molecule has 0 spiro atoms. The fraction of sp³-hybridized carbons (Fsp3) is 0.467.